The molecule has 5 nitrogen and oxygen atoms in total. The summed E-state index contributed by atoms with van der Waals surface area (Å²) in [4.78, 5) is 8.51. The van der Waals surface area contributed by atoms with Gasteiger partial charge in [-0.2, -0.15) is 4.98 Å². The van der Waals surface area contributed by atoms with Gasteiger partial charge in [-0.05, 0) is 46.6 Å². The molecule has 1 N–H and O–H groups in total. The van der Waals surface area contributed by atoms with Crippen LogP contribution in [0.4, 0.5) is 0 Å². The number of halogens is 2. The minimum absolute atomic E-state index is 0.00709. The fraction of sp³-hybridized carbons (Fsp3) is 0.0714. The molecular formula is C14H9BrClN3O2. The van der Waals surface area contributed by atoms with Gasteiger partial charge in [0.05, 0.1) is 10.0 Å². The van der Waals surface area contributed by atoms with Crippen molar-refractivity contribution in [1.29, 1.82) is 0 Å². The van der Waals surface area contributed by atoms with Crippen molar-refractivity contribution in [3.05, 3.63) is 45.5 Å². The van der Waals surface area contributed by atoms with Crippen molar-refractivity contribution in [3.8, 4) is 28.7 Å². The molecule has 0 amide bonds. The summed E-state index contributed by atoms with van der Waals surface area (Å²) in [6, 6.07) is 6.89. The number of rotatable bonds is 2. The Hall–Kier alpha value is -1.92. The second-order valence-corrected chi connectivity index (χ2v) is 5.67. The zero-order chi connectivity index (χ0) is 15.0. The molecule has 0 atom stereocenters. The van der Waals surface area contributed by atoms with Crippen LogP contribution in [0.5, 0.6) is 5.75 Å². The Morgan fingerprint density at radius 3 is 2.90 bits per heavy atom. The molecule has 2 heterocycles. The van der Waals surface area contributed by atoms with Crippen molar-refractivity contribution in [3.63, 3.8) is 0 Å². The average molecular weight is 367 g/mol. The predicted octanol–water partition coefficient (Wildman–Crippen LogP) is 4.23. The molecule has 0 aliphatic heterocycles. The molecule has 3 rings (SSSR count). The molecule has 0 spiro atoms. The first-order chi connectivity index (χ1) is 10.1. The summed E-state index contributed by atoms with van der Waals surface area (Å²) in [6.45, 7) is 1.91. The fourth-order valence-corrected chi connectivity index (χ4v) is 2.69. The van der Waals surface area contributed by atoms with Crippen LogP contribution < -0.4 is 0 Å². The Bertz CT molecular complexity index is 820. The van der Waals surface area contributed by atoms with E-state index in [1.165, 1.54) is 0 Å². The molecule has 0 aliphatic carbocycles. The van der Waals surface area contributed by atoms with Gasteiger partial charge in [0.1, 0.15) is 11.4 Å². The van der Waals surface area contributed by atoms with Crippen LogP contribution in [-0.4, -0.2) is 20.2 Å². The van der Waals surface area contributed by atoms with Crippen LogP contribution in [0.2, 0.25) is 5.02 Å². The number of pyridine rings is 1. The van der Waals surface area contributed by atoms with Crippen molar-refractivity contribution < 1.29 is 9.63 Å². The number of phenols is 1. The summed E-state index contributed by atoms with van der Waals surface area (Å²) in [6.07, 6.45) is 1.66. The number of hydrogen-bond donors (Lipinski definition) is 1. The lowest BCUT2D eigenvalue weighted by atomic mass is 10.2. The van der Waals surface area contributed by atoms with Crippen molar-refractivity contribution in [2.45, 2.75) is 6.92 Å². The molecule has 21 heavy (non-hydrogen) atoms. The Morgan fingerprint density at radius 1 is 1.33 bits per heavy atom. The maximum absolute atomic E-state index is 10.1. The van der Waals surface area contributed by atoms with Crippen molar-refractivity contribution in [2.24, 2.45) is 0 Å². The molecule has 0 unspecified atom stereocenters. The molecule has 0 saturated carbocycles. The van der Waals surface area contributed by atoms with E-state index >= 15 is 0 Å². The van der Waals surface area contributed by atoms with Gasteiger partial charge in [0.2, 0.25) is 5.82 Å². The molecule has 0 radical (unpaired) electrons. The molecule has 0 fully saturated rings. The summed E-state index contributed by atoms with van der Waals surface area (Å²) in [5.41, 5.74) is 1.93. The number of aromatic hydroxyl groups is 1. The van der Waals surface area contributed by atoms with Gasteiger partial charge in [0, 0.05) is 11.2 Å². The summed E-state index contributed by atoms with van der Waals surface area (Å²) < 4.78 is 5.67. The zero-order valence-corrected chi connectivity index (χ0v) is 13.2. The second kappa shape index (κ2) is 5.46. The summed E-state index contributed by atoms with van der Waals surface area (Å²) in [5, 5.41) is 14.4. The second-order valence-electron chi connectivity index (χ2n) is 4.38. The minimum Gasteiger partial charge on any atom is -0.506 e. The molecule has 3 aromatic rings. The number of benzene rings is 1. The van der Waals surface area contributed by atoms with E-state index in [4.69, 9.17) is 16.1 Å². The fourth-order valence-electron chi connectivity index (χ4n) is 1.88. The summed E-state index contributed by atoms with van der Waals surface area (Å²) in [7, 11) is 0. The van der Waals surface area contributed by atoms with Gasteiger partial charge in [0.25, 0.3) is 5.89 Å². The lowest BCUT2D eigenvalue weighted by molar-refractivity contribution is 0.425. The van der Waals surface area contributed by atoms with Gasteiger partial charge in [-0.25, -0.2) is 0 Å². The van der Waals surface area contributed by atoms with Crippen LogP contribution in [0.1, 0.15) is 5.56 Å². The van der Waals surface area contributed by atoms with Gasteiger partial charge in [-0.1, -0.05) is 22.8 Å². The van der Waals surface area contributed by atoms with Crippen molar-refractivity contribution in [1.82, 2.24) is 15.1 Å². The van der Waals surface area contributed by atoms with E-state index < -0.39 is 0 Å². The third kappa shape index (κ3) is 2.64. The van der Waals surface area contributed by atoms with E-state index in [0.717, 1.165) is 5.56 Å². The summed E-state index contributed by atoms with van der Waals surface area (Å²) >= 11 is 9.20. The molecular weight excluding hydrogens is 358 g/mol. The molecule has 0 aliphatic rings. The van der Waals surface area contributed by atoms with Crippen molar-refractivity contribution in [2.75, 3.05) is 0 Å². The maximum atomic E-state index is 10.1. The third-order valence-corrected chi connectivity index (χ3v) is 3.73. The number of phenolic OH excluding ortho intramolecular Hbond substituents is 1. The first-order valence-corrected chi connectivity index (χ1v) is 7.17. The summed E-state index contributed by atoms with van der Waals surface area (Å²) in [5.74, 6) is 0.529. The topological polar surface area (TPSA) is 72.0 Å². The zero-order valence-electron chi connectivity index (χ0n) is 10.8. The van der Waals surface area contributed by atoms with Gasteiger partial charge in [0.15, 0.2) is 0 Å². The largest absolute Gasteiger partial charge is 0.506 e. The lowest BCUT2D eigenvalue weighted by Crippen LogP contribution is -1.89. The average Bonchev–Trinajstić information content (AvgIpc) is 2.92. The van der Waals surface area contributed by atoms with E-state index in [-0.39, 0.29) is 11.6 Å². The first kappa shape index (κ1) is 14.0. The van der Waals surface area contributed by atoms with Crippen LogP contribution in [-0.2, 0) is 0 Å². The Morgan fingerprint density at radius 2 is 2.14 bits per heavy atom. The standard InChI is InChI=1S/C14H9BrClN3O2/c1-7-3-2-4-17-11(7)13-18-14(21-19-13)9-5-8(16)6-10(15)12(9)20/h2-6,20H,1H3. The van der Waals surface area contributed by atoms with Gasteiger partial charge in [-0.15, -0.1) is 0 Å². The highest BCUT2D eigenvalue weighted by Crippen LogP contribution is 2.37. The van der Waals surface area contributed by atoms with Crippen LogP contribution in [0.3, 0.4) is 0 Å². The number of aryl methyl sites for hydroxylation is 1. The molecule has 1 aromatic carbocycles. The van der Waals surface area contributed by atoms with Gasteiger partial charge in [-0.3, -0.25) is 4.98 Å². The van der Waals surface area contributed by atoms with Crippen LogP contribution in [0, 0.1) is 6.92 Å². The highest BCUT2D eigenvalue weighted by Gasteiger charge is 2.18. The number of hydrogen-bond acceptors (Lipinski definition) is 5. The SMILES string of the molecule is Cc1cccnc1-c1noc(-c2cc(Cl)cc(Br)c2O)n1. The molecule has 7 heteroatoms. The molecule has 0 bridgehead atoms. The molecule has 2 aromatic heterocycles. The minimum atomic E-state index is -0.00709. The predicted molar refractivity (Wildman–Crippen MR) is 82.1 cm³/mol. The monoisotopic (exact) mass is 365 g/mol. The van der Waals surface area contributed by atoms with Crippen molar-refractivity contribution >= 4 is 27.5 Å². The quantitative estimate of drug-likeness (QED) is 0.735. The van der Waals surface area contributed by atoms with Gasteiger partial charge >= 0.3 is 0 Å². The highest BCUT2D eigenvalue weighted by atomic mass is 79.9. The Balaban J connectivity index is 2.09. The first-order valence-electron chi connectivity index (χ1n) is 6.00. The van der Waals surface area contributed by atoms with E-state index in [0.29, 0.717) is 26.6 Å². The highest BCUT2D eigenvalue weighted by molar-refractivity contribution is 9.10. The number of aromatic nitrogens is 3. The van der Waals surface area contributed by atoms with E-state index in [1.807, 2.05) is 19.1 Å². The lowest BCUT2D eigenvalue weighted by Gasteiger charge is -2.02. The van der Waals surface area contributed by atoms with Gasteiger partial charge < -0.3 is 9.63 Å². The van der Waals surface area contributed by atoms with Crippen LogP contribution in [0.25, 0.3) is 23.0 Å². The van der Waals surface area contributed by atoms with Crippen LogP contribution >= 0.6 is 27.5 Å². The Kier molecular flexibility index (Phi) is 3.65. The molecule has 0 saturated heterocycles. The van der Waals surface area contributed by atoms with Crippen LogP contribution in [0.15, 0.2) is 39.5 Å². The molecule has 106 valence electrons. The third-order valence-electron chi connectivity index (χ3n) is 2.91. The maximum Gasteiger partial charge on any atom is 0.262 e. The smallest absolute Gasteiger partial charge is 0.262 e. The normalized spacial score (nSPS) is 10.8. The number of nitrogens with zero attached hydrogens (tertiary/aromatic N) is 3. The van der Waals surface area contributed by atoms with E-state index in [9.17, 15) is 5.11 Å². The van der Waals surface area contributed by atoms with E-state index in [1.54, 1.807) is 18.3 Å². The van der Waals surface area contributed by atoms with E-state index in [2.05, 4.69) is 31.1 Å². The Labute approximate surface area is 133 Å².